The summed E-state index contributed by atoms with van der Waals surface area (Å²) in [5.41, 5.74) is 1.96. The van der Waals surface area contributed by atoms with Gasteiger partial charge in [-0.2, -0.15) is 0 Å². The van der Waals surface area contributed by atoms with Crippen LogP contribution < -0.4 is 5.32 Å². The molecule has 0 aromatic heterocycles. The number of nitrogens with one attached hydrogen (secondary N) is 1. The van der Waals surface area contributed by atoms with Crippen molar-refractivity contribution in [3.05, 3.63) is 69.7 Å². The third-order valence-corrected chi connectivity index (χ3v) is 6.88. The Bertz CT molecular complexity index is 898. The summed E-state index contributed by atoms with van der Waals surface area (Å²) >= 11 is 12.3. The van der Waals surface area contributed by atoms with E-state index in [1.54, 1.807) is 17.0 Å². The van der Waals surface area contributed by atoms with Gasteiger partial charge in [0.2, 0.25) is 11.8 Å². The molecule has 0 spiro atoms. The van der Waals surface area contributed by atoms with Crippen LogP contribution in [0.15, 0.2) is 48.5 Å². The molecule has 2 aromatic rings. The van der Waals surface area contributed by atoms with Crippen molar-refractivity contribution in [3.8, 4) is 0 Å². The number of hydrogen-bond donors (Lipinski definition) is 1. The molecule has 1 fully saturated rings. The highest BCUT2D eigenvalue weighted by Gasteiger charge is 2.30. The van der Waals surface area contributed by atoms with Crippen LogP contribution in [0.4, 0.5) is 0 Å². The van der Waals surface area contributed by atoms with Crippen molar-refractivity contribution in [2.75, 3.05) is 0 Å². The van der Waals surface area contributed by atoms with Crippen molar-refractivity contribution < 1.29 is 9.59 Å². The zero-order valence-corrected chi connectivity index (χ0v) is 20.2. The van der Waals surface area contributed by atoms with Crippen LogP contribution in [-0.2, 0) is 22.6 Å². The molecule has 172 valence electrons. The predicted octanol–water partition coefficient (Wildman–Crippen LogP) is 6.18. The lowest BCUT2D eigenvalue weighted by Gasteiger charge is -2.33. The lowest BCUT2D eigenvalue weighted by Crippen LogP contribution is -2.51. The SMILES string of the molecule is CCC(C(=O)NC1CCCCC1)N(Cc1ccc(Cl)c(Cl)c1)C(=O)CCc1ccccc1. The van der Waals surface area contributed by atoms with Gasteiger partial charge in [-0.05, 0) is 48.9 Å². The molecular formula is C26H32Cl2N2O2. The number of rotatable bonds is 9. The van der Waals surface area contributed by atoms with Crippen molar-refractivity contribution in [2.24, 2.45) is 0 Å². The van der Waals surface area contributed by atoms with Gasteiger partial charge in [0.15, 0.2) is 0 Å². The van der Waals surface area contributed by atoms with Crippen LogP contribution in [0.1, 0.15) is 63.0 Å². The van der Waals surface area contributed by atoms with Crippen LogP contribution in [0.2, 0.25) is 10.0 Å². The Morgan fingerprint density at radius 3 is 2.38 bits per heavy atom. The maximum Gasteiger partial charge on any atom is 0.243 e. The van der Waals surface area contributed by atoms with Gasteiger partial charge in [-0.15, -0.1) is 0 Å². The van der Waals surface area contributed by atoms with Crippen LogP contribution in [-0.4, -0.2) is 28.8 Å². The Hall–Kier alpha value is -2.04. The number of hydrogen-bond acceptors (Lipinski definition) is 2. The molecule has 1 unspecified atom stereocenters. The first-order chi connectivity index (χ1) is 15.5. The monoisotopic (exact) mass is 474 g/mol. The molecule has 0 heterocycles. The van der Waals surface area contributed by atoms with Crippen LogP contribution in [0.3, 0.4) is 0 Å². The first-order valence-electron chi connectivity index (χ1n) is 11.6. The van der Waals surface area contributed by atoms with Gasteiger partial charge >= 0.3 is 0 Å². The summed E-state index contributed by atoms with van der Waals surface area (Å²) in [7, 11) is 0. The number of aryl methyl sites for hydroxylation is 1. The van der Waals surface area contributed by atoms with Gasteiger partial charge in [0, 0.05) is 19.0 Å². The quantitative estimate of drug-likeness (QED) is 0.471. The molecule has 1 saturated carbocycles. The fourth-order valence-electron chi connectivity index (χ4n) is 4.34. The van der Waals surface area contributed by atoms with E-state index in [9.17, 15) is 9.59 Å². The third-order valence-electron chi connectivity index (χ3n) is 6.14. The largest absolute Gasteiger partial charge is 0.352 e. The first kappa shape index (κ1) is 24.6. The van der Waals surface area contributed by atoms with Crippen molar-refractivity contribution in [2.45, 2.75) is 76.9 Å². The standard InChI is InChI=1S/C26H32Cl2N2O2/c1-2-24(26(32)29-21-11-7-4-8-12-21)30(18-20-13-15-22(27)23(28)17-20)25(31)16-14-19-9-5-3-6-10-19/h3,5-6,9-10,13,15,17,21,24H,2,4,7-8,11-12,14,16,18H2,1H3,(H,29,32). The van der Waals surface area contributed by atoms with Crippen LogP contribution in [0.25, 0.3) is 0 Å². The van der Waals surface area contributed by atoms with Crippen molar-refractivity contribution in [1.29, 1.82) is 0 Å². The van der Waals surface area contributed by atoms with Crippen LogP contribution in [0, 0.1) is 0 Å². The average Bonchev–Trinajstić information content (AvgIpc) is 2.81. The minimum Gasteiger partial charge on any atom is -0.352 e. The summed E-state index contributed by atoms with van der Waals surface area (Å²) in [5.74, 6) is -0.0990. The van der Waals surface area contributed by atoms with E-state index in [0.717, 1.165) is 36.8 Å². The van der Waals surface area contributed by atoms with Gasteiger partial charge in [0.05, 0.1) is 10.0 Å². The fourth-order valence-corrected chi connectivity index (χ4v) is 4.66. The van der Waals surface area contributed by atoms with Gasteiger partial charge in [-0.1, -0.05) is 85.8 Å². The molecule has 6 heteroatoms. The molecule has 32 heavy (non-hydrogen) atoms. The maximum absolute atomic E-state index is 13.4. The van der Waals surface area contributed by atoms with Crippen molar-refractivity contribution >= 4 is 35.0 Å². The predicted molar refractivity (Wildman–Crippen MR) is 131 cm³/mol. The zero-order chi connectivity index (χ0) is 22.9. The number of halogens is 2. The molecule has 0 aliphatic heterocycles. The second-order valence-electron chi connectivity index (χ2n) is 8.52. The highest BCUT2D eigenvalue weighted by atomic mass is 35.5. The van der Waals surface area contributed by atoms with Crippen molar-refractivity contribution in [1.82, 2.24) is 10.2 Å². The third kappa shape index (κ3) is 6.98. The van der Waals surface area contributed by atoms with E-state index in [4.69, 9.17) is 23.2 Å². The Balaban J connectivity index is 1.77. The number of carbonyl (C=O) groups excluding carboxylic acids is 2. The van der Waals surface area contributed by atoms with E-state index in [-0.39, 0.29) is 17.9 Å². The van der Waals surface area contributed by atoms with Crippen molar-refractivity contribution in [3.63, 3.8) is 0 Å². The zero-order valence-electron chi connectivity index (χ0n) is 18.7. The normalized spacial score (nSPS) is 15.2. The fraction of sp³-hybridized carbons (Fsp3) is 0.462. The number of benzene rings is 2. The molecule has 2 aromatic carbocycles. The van der Waals surface area contributed by atoms with Gasteiger partial charge in [0.1, 0.15) is 6.04 Å². The van der Waals surface area contributed by atoms with E-state index < -0.39 is 6.04 Å². The smallest absolute Gasteiger partial charge is 0.243 e. The van der Waals surface area contributed by atoms with E-state index in [0.29, 0.717) is 35.9 Å². The van der Waals surface area contributed by atoms with E-state index >= 15 is 0 Å². The summed E-state index contributed by atoms with van der Waals surface area (Å²) in [6.07, 6.45) is 7.07. The molecule has 1 atom stereocenters. The molecule has 1 N–H and O–H groups in total. The second-order valence-corrected chi connectivity index (χ2v) is 9.34. The Kier molecular flexibility index (Phi) is 9.43. The van der Waals surface area contributed by atoms with E-state index in [1.807, 2.05) is 43.3 Å². The summed E-state index contributed by atoms with van der Waals surface area (Å²) in [6.45, 7) is 2.28. The molecule has 0 bridgehead atoms. The molecule has 1 aliphatic carbocycles. The molecule has 1 aliphatic rings. The van der Waals surface area contributed by atoms with E-state index in [1.165, 1.54) is 6.42 Å². The lowest BCUT2D eigenvalue weighted by molar-refractivity contribution is -0.141. The molecule has 4 nitrogen and oxygen atoms in total. The first-order valence-corrected chi connectivity index (χ1v) is 12.3. The van der Waals surface area contributed by atoms with Gasteiger partial charge in [0.25, 0.3) is 0 Å². The Morgan fingerprint density at radius 1 is 1.00 bits per heavy atom. The topological polar surface area (TPSA) is 49.4 Å². The summed E-state index contributed by atoms with van der Waals surface area (Å²) in [6, 6.07) is 15.0. The van der Waals surface area contributed by atoms with Crippen LogP contribution >= 0.6 is 23.2 Å². The average molecular weight is 475 g/mol. The maximum atomic E-state index is 13.4. The molecular weight excluding hydrogens is 443 g/mol. The molecule has 2 amide bonds. The highest BCUT2D eigenvalue weighted by Crippen LogP contribution is 2.25. The summed E-state index contributed by atoms with van der Waals surface area (Å²) in [4.78, 5) is 28.3. The van der Waals surface area contributed by atoms with Gasteiger partial charge in [-0.3, -0.25) is 9.59 Å². The van der Waals surface area contributed by atoms with Gasteiger partial charge in [-0.25, -0.2) is 0 Å². The molecule has 0 radical (unpaired) electrons. The number of carbonyl (C=O) groups is 2. The van der Waals surface area contributed by atoms with E-state index in [2.05, 4.69) is 5.32 Å². The number of amides is 2. The number of nitrogens with zero attached hydrogens (tertiary/aromatic N) is 1. The second kappa shape index (κ2) is 12.3. The summed E-state index contributed by atoms with van der Waals surface area (Å²) < 4.78 is 0. The Morgan fingerprint density at radius 2 is 1.72 bits per heavy atom. The highest BCUT2D eigenvalue weighted by molar-refractivity contribution is 6.42. The van der Waals surface area contributed by atoms with Gasteiger partial charge < -0.3 is 10.2 Å². The lowest BCUT2D eigenvalue weighted by atomic mass is 9.95. The molecule has 3 rings (SSSR count). The minimum atomic E-state index is -0.519. The van der Waals surface area contributed by atoms with Crippen LogP contribution in [0.5, 0.6) is 0 Å². The molecule has 0 saturated heterocycles. The minimum absolute atomic E-state index is 0.0365. The Labute approximate surface area is 201 Å². The summed E-state index contributed by atoms with van der Waals surface area (Å²) in [5, 5.41) is 4.12.